The van der Waals surface area contributed by atoms with E-state index in [2.05, 4.69) is 54.0 Å². The van der Waals surface area contributed by atoms with Crippen LogP contribution in [0.2, 0.25) is 0 Å². The summed E-state index contributed by atoms with van der Waals surface area (Å²) in [6.45, 7) is 11.9. The van der Waals surface area contributed by atoms with E-state index in [1.165, 1.54) is 5.69 Å². The van der Waals surface area contributed by atoms with Gasteiger partial charge in [-0.3, -0.25) is 4.68 Å². The van der Waals surface area contributed by atoms with Gasteiger partial charge in [-0.05, 0) is 41.2 Å². The third-order valence-electron chi connectivity index (χ3n) is 3.80. The lowest BCUT2D eigenvalue weighted by Crippen LogP contribution is -2.49. The van der Waals surface area contributed by atoms with Gasteiger partial charge in [0.05, 0.1) is 22.0 Å². The van der Waals surface area contributed by atoms with Gasteiger partial charge in [-0.2, -0.15) is 5.10 Å². The van der Waals surface area contributed by atoms with Gasteiger partial charge >= 0.3 is 0 Å². The molecule has 0 saturated carbocycles. The van der Waals surface area contributed by atoms with Gasteiger partial charge in [-0.25, -0.2) is 0 Å². The molecule has 5 heteroatoms. The van der Waals surface area contributed by atoms with Crippen LogP contribution in [0.4, 0.5) is 0 Å². The van der Waals surface area contributed by atoms with E-state index in [4.69, 9.17) is 4.74 Å². The van der Waals surface area contributed by atoms with Gasteiger partial charge in [0.1, 0.15) is 0 Å². The Morgan fingerprint density at radius 2 is 2.00 bits per heavy atom. The lowest BCUT2D eigenvalue weighted by atomic mass is 9.83. The molecular formula is C16H30BrN3O. The number of nitrogens with zero attached hydrogens (tertiary/aromatic N) is 2. The van der Waals surface area contributed by atoms with Crippen molar-refractivity contribution in [1.82, 2.24) is 15.1 Å². The summed E-state index contributed by atoms with van der Waals surface area (Å²) in [6, 6.07) is 0.265. The van der Waals surface area contributed by atoms with E-state index in [-0.39, 0.29) is 17.6 Å². The first-order chi connectivity index (χ1) is 9.72. The molecule has 0 aromatic carbocycles. The van der Waals surface area contributed by atoms with Crippen LogP contribution in [0.15, 0.2) is 4.47 Å². The van der Waals surface area contributed by atoms with Crippen LogP contribution in [0, 0.1) is 12.3 Å². The summed E-state index contributed by atoms with van der Waals surface area (Å²) >= 11 is 3.67. The monoisotopic (exact) mass is 359 g/mol. The predicted octanol–water partition coefficient (Wildman–Crippen LogP) is 3.46. The zero-order valence-electron chi connectivity index (χ0n) is 14.5. The molecule has 0 aliphatic rings. The van der Waals surface area contributed by atoms with Crippen molar-refractivity contribution in [2.75, 3.05) is 13.7 Å². The minimum atomic E-state index is 0.0836. The molecule has 0 radical (unpaired) electrons. The Labute approximate surface area is 137 Å². The third kappa shape index (κ3) is 4.80. The van der Waals surface area contributed by atoms with Crippen molar-refractivity contribution in [3.63, 3.8) is 0 Å². The van der Waals surface area contributed by atoms with E-state index in [0.29, 0.717) is 0 Å². The highest BCUT2D eigenvalue weighted by Crippen LogP contribution is 2.28. The van der Waals surface area contributed by atoms with Gasteiger partial charge in [-0.15, -0.1) is 0 Å². The molecule has 0 amide bonds. The first kappa shape index (κ1) is 18.7. The first-order valence-electron chi connectivity index (χ1n) is 7.66. The normalized spacial score (nSPS) is 15.2. The number of aryl methyl sites for hydroxylation is 2. The Kier molecular flexibility index (Phi) is 6.88. The van der Waals surface area contributed by atoms with Gasteiger partial charge in [0.25, 0.3) is 0 Å². The van der Waals surface area contributed by atoms with Crippen molar-refractivity contribution in [2.24, 2.45) is 12.5 Å². The molecule has 0 aliphatic heterocycles. The molecule has 1 heterocycles. The van der Waals surface area contributed by atoms with Crippen LogP contribution in [0.3, 0.4) is 0 Å². The number of hydrogen-bond donors (Lipinski definition) is 1. The van der Waals surface area contributed by atoms with Gasteiger partial charge in [0.2, 0.25) is 0 Å². The summed E-state index contributed by atoms with van der Waals surface area (Å²) in [5.41, 5.74) is 2.33. The Bertz CT molecular complexity index is 451. The van der Waals surface area contributed by atoms with Gasteiger partial charge < -0.3 is 10.1 Å². The van der Waals surface area contributed by atoms with Crippen molar-refractivity contribution in [3.8, 4) is 0 Å². The highest BCUT2D eigenvalue weighted by Gasteiger charge is 2.33. The minimum Gasteiger partial charge on any atom is -0.379 e. The van der Waals surface area contributed by atoms with Crippen molar-refractivity contribution < 1.29 is 4.74 Å². The Morgan fingerprint density at radius 3 is 2.38 bits per heavy atom. The molecule has 0 bridgehead atoms. The smallest absolute Gasteiger partial charge is 0.0776 e. The maximum atomic E-state index is 5.83. The number of rotatable bonds is 7. The van der Waals surface area contributed by atoms with Crippen LogP contribution in [0.1, 0.15) is 45.5 Å². The summed E-state index contributed by atoms with van der Waals surface area (Å²) in [5, 5.41) is 8.14. The molecular weight excluding hydrogens is 330 g/mol. The van der Waals surface area contributed by atoms with Crippen molar-refractivity contribution >= 4 is 15.9 Å². The number of hydrogen-bond acceptors (Lipinski definition) is 3. The lowest BCUT2D eigenvalue weighted by Gasteiger charge is -2.36. The van der Waals surface area contributed by atoms with E-state index >= 15 is 0 Å². The molecule has 21 heavy (non-hydrogen) atoms. The van der Waals surface area contributed by atoms with Gasteiger partial charge in [-0.1, -0.05) is 27.7 Å². The fraction of sp³-hybridized carbons (Fsp3) is 0.812. The first-order valence-corrected chi connectivity index (χ1v) is 8.45. The molecule has 1 aromatic heterocycles. The Hall–Kier alpha value is -0.390. The molecule has 0 saturated heterocycles. The third-order valence-corrected chi connectivity index (χ3v) is 4.84. The number of halogens is 1. The molecule has 4 nitrogen and oxygen atoms in total. The molecule has 2 unspecified atom stereocenters. The molecule has 122 valence electrons. The second-order valence-electron chi connectivity index (χ2n) is 6.76. The number of methoxy groups -OCH3 is 1. The predicted molar refractivity (Wildman–Crippen MR) is 91.7 cm³/mol. The van der Waals surface area contributed by atoms with Crippen molar-refractivity contribution in [3.05, 3.63) is 15.9 Å². The maximum absolute atomic E-state index is 5.83. The molecule has 0 spiro atoms. The minimum absolute atomic E-state index is 0.0836. The summed E-state index contributed by atoms with van der Waals surface area (Å²) in [5.74, 6) is 0. The van der Waals surface area contributed by atoms with Gasteiger partial charge in [0.15, 0.2) is 0 Å². The maximum Gasteiger partial charge on any atom is 0.0776 e. The Balaban J connectivity index is 3.02. The standard InChI is InChI=1S/C16H30BrN3O/c1-8-9-18-12(15(21-7)16(3,4)5)10-13-14(17)11(2)19-20(13)6/h12,15,18H,8-10H2,1-7H3. The summed E-state index contributed by atoms with van der Waals surface area (Å²) in [7, 11) is 3.81. The molecule has 0 aliphatic carbocycles. The second kappa shape index (κ2) is 7.75. The second-order valence-corrected chi connectivity index (χ2v) is 7.55. The van der Waals surface area contributed by atoms with Crippen LogP contribution in [0.25, 0.3) is 0 Å². The summed E-state index contributed by atoms with van der Waals surface area (Å²) in [4.78, 5) is 0. The van der Waals surface area contributed by atoms with Crippen LogP contribution >= 0.6 is 15.9 Å². The number of aromatic nitrogens is 2. The van der Waals surface area contributed by atoms with E-state index in [9.17, 15) is 0 Å². The molecule has 1 rings (SSSR count). The van der Waals surface area contributed by atoms with E-state index in [1.54, 1.807) is 7.11 Å². The zero-order chi connectivity index (χ0) is 16.2. The van der Waals surface area contributed by atoms with Gasteiger partial charge in [0, 0.05) is 26.6 Å². The average Bonchev–Trinajstić information content (AvgIpc) is 2.61. The molecule has 1 N–H and O–H groups in total. The summed E-state index contributed by atoms with van der Waals surface area (Å²) in [6.07, 6.45) is 2.15. The topological polar surface area (TPSA) is 39.1 Å². The van der Waals surface area contributed by atoms with Crippen LogP contribution in [-0.2, 0) is 18.2 Å². The van der Waals surface area contributed by atoms with Crippen LogP contribution in [0.5, 0.6) is 0 Å². The van der Waals surface area contributed by atoms with E-state index in [1.807, 2.05) is 18.7 Å². The van der Waals surface area contributed by atoms with Crippen molar-refractivity contribution in [1.29, 1.82) is 0 Å². The average molecular weight is 360 g/mol. The lowest BCUT2D eigenvalue weighted by molar-refractivity contribution is -0.0113. The van der Waals surface area contributed by atoms with Crippen molar-refractivity contribution in [2.45, 2.75) is 59.6 Å². The van der Waals surface area contributed by atoms with Crippen LogP contribution < -0.4 is 5.32 Å². The van der Waals surface area contributed by atoms with E-state index in [0.717, 1.165) is 29.6 Å². The fourth-order valence-corrected chi connectivity index (χ4v) is 3.35. The summed E-state index contributed by atoms with van der Waals surface area (Å²) < 4.78 is 8.90. The highest BCUT2D eigenvalue weighted by molar-refractivity contribution is 9.10. The SMILES string of the molecule is CCCNC(Cc1c(Br)c(C)nn1C)C(OC)C(C)(C)C. The largest absolute Gasteiger partial charge is 0.379 e. The quantitative estimate of drug-likeness (QED) is 0.809. The zero-order valence-corrected chi connectivity index (χ0v) is 16.0. The highest BCUT2D eigenvalue weighted by atomic mass is 79.9. The van der Waals surface area contributed by atoms with Crippen LogP contribution in [-0.4, -0.2) is 35.6 Å². The number of nitrogens with one attached hydrogen (secondary N) is 1. The van der Waals surface area contributed by atoms with E-state index < -0.39 is 0 Å². The molecule has 0 fully saturated rings. The molecule has 1 aromatic rings. The Morgan fingerprint density at radius 1 is 1.38 bits per heavy atom. The molecule has 2 atom stereocenters. The fourth-order valence-electron chi connectivity index (χ4n) is 2.85. The number of ether oxygens (including phenoxy) is 1.